The third kappa shape index (κ3) is 2.17. The van der Waals surface area contributed by atoms with Crippen LogP contribution in [-0.4, -0.2) is 22.3 Å². The molecule has 0 spiro atoms. The number of fused-ring (bicyclic) bond motifs is 1. The molecule has 21 heavy (non-hydrogen) atoms. The highest BCUT2D eigenvalue weighted by Crippen LogP contribution is 2.34. The molecule has 0 bridgehead atoms. The van der Waals surface area contributed by atoms with Crippen molar-refractivity contribution in [1.82, 2.24) is 14.5 Å². The van der Waals surface area contributed by atoms with Crippen LogP contribution in [0, 0.1) is 5.92 Å². The van der Waals surface area contributed by atoms with Gasteiger partial charge in [-0.15, -0.1) is 0 Å². The summed E-state index contributed by atoms with van der Waals surface area (Å²) in [5.41, 5.74) is 2.00. The van der Waals surface area contributed by atoms with Crippen LogP contribution in [0.15, 0.2) is 35.3 Å². The molecular weight excluding hydrogens is 266 g/mol. The van der Waals surface area contributed by atoms with Gasteiger partial charge < -0.3 is 10.1 Å². The molecule has 110 valence electrons. The van der Waals surface area contributed by atoms with Crippen molar-refractivity contribution in [3.05, 3.63) is 46.6 Å². The number of nitrogens with one attached hydrogen (secondary N) is 1. The van der Waals surface area contributed by atoms with Crippen molar-refractivity contribution < 1.29 is 4.74 Å². The standard InChI is InChI=1S/C16H19N3O2/c1-21-14-6-4-12(5-7-14)18-9-13-8-17-15(11-2-3-11)10-19(13)16(18)20/h4-7,9,11,15,17H,2-3,8,10H2,1H3. The average Bonchev–Trinajstić information content (AvgIpc) is 3.33. The summed E-state index contributed by atoms with van der Waals surface area (Å²) in [6.07, 6.45) is 4.53. The quantitative estimate of drug-likeness (QED) is 0.930. The zero-order valence-electron chi connectivity index (χ0n) is 12.1. The van der Waals surface area contributed by atoms with Crippen LogP contribution in [-0.2, 0) is 13.1 Å². The Labute approximate surface area is 123 Å². The Morgan fingerprint density at radius 3 is 2.67 bits per heavy atom. The van der Waals surface area contributed by atoms with E-state index in [1.807, 2.05) is 35.0 Å². The van der Waals surface area contributed by atoms with Crippen molar-refractivity contribution in [3.8, 4) is 11.4 Å². The maximum absolute atomic E-state index is 12.6. The lowest BCUT2D eigenvalue weighted by Gasteiger charge is -2.24. The molecule has 5 nitrogen and oxygen atoms in total. The molecule has 2 aliphatic rings. The van der Waals surface area contributed by atoms with Gasteiger partial charge in [-0.05, 0) is 43.0 Å². The van der Waals surface area contributed by atoms with Crippen LogP contribution >= 0.6 is 0 Å². The van der Waals surface area contributed by atoms with Crippen molar-refractivity contribution in [2.75, 3.05) is 7.11 Å². The minimum absolute atomic E-state index is 0.0577. The van der Waals surface area contributed by atoms with Crippen molar-refractivity contribution in [1.29, 1.82) is 0 Å². The molecule has 2 heterocycles. The summed E-state index contributed by atoms with van der Waals surface area (Å²) in [4.78, 5) is 12.6. The molecule has 1 unspecified atom stereocenters. The van der Waals surface area contributed by atoms with E-state index in [0.29, 0.717) is 6.04 Å². The number of methoxy groups -OCH3 is 1. The zero-order valence-corrected chi connectivity index (χ0v) is 12.1. The van der Waals surface area contributed by atoms with Crippen molar-refractivity contribution in [3.63, 3.8) is 0 Å². The lowest BCUT2D eigenvalue weighted by Crippen LogP contribution is -2.43. The summed E-state index contributed by atoms with van der Waals surface area (Å²) in [6, 6.07) is 8.05. The molecule has 1 aliphatic heterocycles. The molecule has 0 saturated heterocycles. The van der Waals surface area contributed by atoms with E-state index in [4.69, 9.17) is 4.74 Å². The fourth-order valence-electron chi connectivity index (χ4n) is 3.10. The van der Waals surface area contributed by atoms with E-state index < -0.39 is 0 Å². The molecule has 0 amide bonds. The van der Waals surface area contributed by atoms with Gasteiger partial charge in [0.2, 0.25) is 0 Å². The number of ether oxygens (including phenoxy) is 1. The van der Waals surface area contributed by atoms with E-state index >= 15 is 0 Å². The van der Waals surface area contributed by atoms with Gasteiger partial charge in [-0.2, -0.15) is 0 Å². The minimum atomic E-state index is 0.0577. The normalized spacial score (nSPS) is 21.1. The number of imidazole rings is 1. The van der Waals surface area contributed by atoms with E-state index in [1.54, 1.807) is 11.7 Å². The van der Waals surface area contributed by atoms with Gasteiger partial charge in [0.15, 0.2) is 0 Å². The molecule has 5 heteroatoms. The van der Waals surface area contributed by atoms with Gasteiger partial charge >= 0.3 is 5.69 Å². The molecule has 4 rings (SSSR count). The highest BCUT2D eigenvalue weighted by molar-refractivity contribution is 5.38. The second kappa shape index (κ2) is 4.77. The van der Waals surface area contributed by atoms with Gasteiger partial charge in [0.05, 0.1) is 18.5 Å². The van der Waals surface area contributed by atoms with Crippen LogP contribution in [0.5, 0.6) is 5.75 Å². The number of nitrogens with zero attached hydrogens (tertiary/aromatic N) is 2. The van der Waals surface area contributed by atoms with Crippen LogP contribution in [0.4, 0.5) is 0 Å². The second-order valence-corrected chi connectivity index (χ2v) is 5.91. The summed E-state index contributed by atoms with van der Waals surface area (Å²) in [5.74, 6) is 1.56. The lowest BCUT2D eigenvalue weighted by molar-refractivity contribution is 0.354. The lowest BCUT2D eigenvalue weighted by atomic mass is 10.1. The SMILES string of the molecule is COc1ccc(-n2cc3n(c2=O)CC(C2CC2)NC3)cc1. The summed E-state index contributed by atoms with van der Waals surface area (Å²) in [5, 5.41) is 3.55. The second-order valence-electron chi connectivity index (χ2n) is 5.91. The molecule has 1 aromatic heterocycles. The molecule has 0 radical (unpaired) electrons. The topological polar surface area (TPSA) is 48.2 Å². The molecule has 1 fully saturated rings. The fraction of sp³-hybridized carbons (Fsp3) is 0.438. The first kappa shape index (κ1) is 12.7. The Kier molecular flexibility index (Phi) is 2.89. The molecule has 2 aromatic rings. The highest BCUT2D eigenvalue weighted by Gasteiger charge is 2.34. The number of benzene rings is 1. The first-order valence-corrected chi connectivity index (χ1v) is 7.45. The van der Waals surface area contributed by atoms with Gasteiger partial charge in [0, 0.05) is 25.3 Å². The van der Waals surface area contributed by atoms with Crippen LogP contribution in [0.2, 0.25) is 0 Å². The smallest absolute Gasteiger partial charge is 0.333 e. The third-order valence-corrected chi connectivity index (χ3v) is 4.53. The maximum Gasteiger partial charge on any atom is 0.333 e. The Balaban J connectivity index is 1.69. The van der Waals surface area contributed by atoms with Gasteiger partial charge in [0.1, 0.15) is 5.75 Å². The Morgan fingerprint density at radius 1 is 1.24 bits per heavy atom. The molecule has 1 aliphatic carbocycles. The summed E-state index contributed by atoms with van der Waals surface area (Å²) in [6.45, 7) is 1.57. The molecule has 1 N–H and O–H groups in total. The highest BCUT2D eigenvalue weighted by atomic mass is 16.5. The number of hydrogen-bond acceptors (Lipinski definition) is 3. The summed E-state index contributed by atoms with van der Waals surface area (Å²) >= 11 is 0. The van der Waals surface area contributed by atoms with Crippen LogP contribution in [0.3, 0.4) is 0 Å². The fourth-order valence-corrected chi connectivity index (χ4v) is 3.10. The van der Waals surface area contributed by atoms with Crippen molar-refractivity contribution in [2.24, 2.45) is 5.92 Å². The monoisotopic (exact) mass is 285 g/mol. The molecule has 1 saturated carbocycles. The van der Waals surface area contributed by atoms with Gasteiger partial charge in [-0.25, -0.2) is 4.79 Å². The van der Waals surface area contributed by atoms with Crippen LogP contribution in [0.25, 0.3) is 5.69 Å². The third-order valence-electron chi connectivity index (χ3n) is 4.53. The van der Waals surface area contributed by atoms with Crippen molar-refractivity contribution in [2.45, 2.75) is 32.0 Å². The van der Waals surface area contributed by atoms with Crippen LogP contribution in [0.1, 0.15) is 18.5 Å². The predicted molar refractivity (Wildman–Crippen MR) is 79.9 cm³/mol. The minimum Gasteiger partial charge on any atom is -0.497 e. The molecule has 1 aromatic carbocycles. The summed E-state index contributed by atoms with van der Waals surface area (Å²) < 4.78 is 8.81. The Hall–Kier alpha value is -2.01. The van der Waals surface area contributed by atoms with E-state index in [1.165, 1.54) is 12.8 Å². The van der Waals surface area contributed by atoms with E-state index in [-0.39, 0.29) is 5.69 Å². The Bertz CT molecular complexity index is 710. The van der Waals surface area contributed by atoms with Gasteiger partial charge in [-0.3, -0.25) is 9.13 Å². The molecular formula is C16H19N3O2. The van der Waals surface area contributed by atoms with Crippen LogP contribution < -0.4 is 15.7 Å². The zero-order chi connectivity index (χ0) is 14.4. The number of aromatic nitrogens is 2. The first-order chi connectivity index (χ1) is 10.3. The average molecular weight is 285 g/mol. The van der Waals surface area contributed by atoms with E-state index in [9.17, 15) is 4.79 Å². The van der Waals surface area contributed by atoms with Gasteiger partial charge in [-0.1, -0.05) is 0 Å². The number of hydrogen-bond donors (Lipinski definition) is 1. The molecule has 1 atom stereocenters. The van der Waals surface area contributed by atoms with E-state index in [0.717, 1.165) is 36.1 Å². The largest absolute Gasteiger partial charge is 0.497 e. The predicted octanol–water partition coefficient (Wildman–Crippen LogP) is 1.53. The van der Waals surface area contributed by atoms with E-state index in [2.05, 4.69) is 5.32 Å². The first-order valence-electron chi connectivity index (χ1n) is 7.45. The van der Waals surface area contributed by atoms with Crippen molar-refractivity contribution >= 4 is 0 Å². The number of rotatable bonds is 3. The van der Waals surface area contributed by atoms with Gasteiger partial charge in [0.25, 0.3) is 0 Å². The maximum atomic E-state index is 12.6. The summed E-state index contributed by atoms with van der Waals surface area (Å²) in [7, 11) is 1.64. The Morgan fingerprint density at radius 2 is 2.00 bits per heavy atom.